The zero-order valence-electron chi connectivity index (χ0n) is 57.4. The topological polar surface area (TPSA) is 111 Å². The molecule has 2 unspecified atom stereocenters. The maximum Gasteiger partial charge on any atom is 0.306 e. The minimum absolute atomic E-state index is 0.0427. The number of unbranched alkanes of at least 4 members (excludes halogenated alkanes) is 29. The number of hydrogen-bond acceptors (Lipinski definition) is 8. The molecule has 0 fully saturated rings. The number of ether oxygens (including phenoxy) is 2. The van der Waals surface area contributed by atoms with Crippen molar-refractivity contribution >= 4 is 19.8 Å². The van der Waals surface area contributed by atoms with Crippen molar-refractivity contribution in [1.29, 1.82) is 0 Å². The summed E-state index contributed by atoms with van der Waals surface area (Å²) in [5.74, 6) is -0.869. The van der Waals surface area contributed by atoms with Crippen LogP contribution >= 0.6 is 7.82 Å². The second kappa shape index (κ2) is 67.5. The van der Waals surface area contributed by atoms with Gasteiger partial charge in [-0.1, -0.05) is 308 Å². The van der Waals surface area contributed by atoms with Gasteiger partial charge in [-0.2, -0.15) is 0 Å². The molecule has 10 heteroatoms. The lowest BCUT2D eigenvalue weighted by atomic mass is 10.0. The summed E-state index contributed by atoms with van der Waals surface area (Å²) in [4.78, 5) is 38.0. The van der Waals surface area contributed by atoms with Crippen molar-refractivity contribution in [2.75, 3.05) is 47.5 Å². The molecule has 0 aliphatic rings. The Hall–Kier alpha value is -3.85. The minimum atomic E-state index is -4.66. The van der Waals surface area contributed by atoms with Crippen LogP contribution in [-0.4, -0.2) is 70.0 Å². The molecular formula is C78H134NO8P. The molecule has 0 heterocycles. The van der Waals surface area contributed by atoms with Gasteiger partial charge in [0, 0.05) is 12.8 Å². The zero-order valence-corrected chi connectivity index (χ0v) is 58.3. The van der Waals surface area contributed by atoms with E-state index in [9.17, 15) is 19.0 Å². The van der Waals surface area contributed by atoms with Crippen LogP contribution in [0, 0.1) is 0 Å². The molecule has 0 amide bonds. The SMILES string of the molecule is CC/C=C\C/C=C\C/C=C\C/C=C\C/C=C\C/C=C\C/C=C\CCCCCC(=O)OC(COC(=O)CCCCCCCCCCCCCCCCCCCCCCCCCCCC/C=C\C/C=C\C/C=C\C/C=C\CC)COP(=O)([O-])OCC[N+](C)(C)C. The average Bonchev–Trinajstić information content (AvgIpc) is 3.57. The van der Waals surface area contributed by atoms with Gasteiger partial charge in [0.25, 0.3) is 7.82 Å². The van der Waals surface area contributed by atoms with Crippen LogP contribution in [0.4, 0.5) is 0 Å². The van der Waals surface area contributed by atoms with Crippen molar-refractivity contribution in [3.63, 3.8) is 0 Å². The highest BCUT2D eigenvalue weighted by Crippen LogP contribution is 2.38. The third kappa shape index (κ3) is 71.2. The molecule has 0 radical (unpaired) electrons. The first-order valence-electron chi connectivity index (χ1n) is 35.9. The van der Waals surface area contributed by atoms with Crippen LogP contribution < -0.4 is 4.89 Å². The number of phosphoric acid groups is 1. The number of carbonyl (C=O) groups excluding carboxylic acids is 2. The number of carbonyl (C=O) groups is 2. The van der Waals surface area contributed by atoms with E-state index in [-0.39, 0.29) is 26.1 Å². The van der Waals surface area contributed by atoms with Crippen LogP contribution in [0.25, 0.3) is 0 Å². The summed E-state index contributed by atoms with van der Waals surface area (Å²) in [6.07, 6.45) is 98.4. The molecule has 0 aromatic rings. The molecule has 0 saturated heterocycles. The fraction of sp³-hybridized carbons (Fsp3) is 0.692. The fourth-order valence-electron chi connectivity index (χ4n) is 9.75. The van der Waals surface area contributed by atoms with E-state index in [2.05, 4.69) is 148 Å². The summed E-state index contributed by atoms with van der Waals surface area (Å²) in [5, 5.41) is 0. The van der Waals surface area contributed by atoms with Gasteiger partial charge in [-0.25, -0.2) is 0 Å². The van der Waals surface area contributed by atoms with Crippen molar-refractivity contribution in [2.45, 2.75) is 302 Å². The maximum atomic E-state index is 12.8. The standard InChI is InChI=1S/C78H134NO8P/c1-6-8-10-12-14-16-18-20-22-24-26-28-30-32-33-34-35-36-37-38-39-40-41-42-43-44-45-47-48-50-52-54-56-58-60-62-64-66-68-70-77(80)84-74-76(75-86-88(82,83)85-73-72-79(3,4)5)87-78(81)71-69-67-65-63-61-59-57-55-53-51-49-46-31-29-27-25-23-21-19-17-15-13-11-9-7-2/h8-11,14-17,20-23,26-29,46,49,53,55,59,61,76H,6-7,12-13,18-19,24-25,30-45,47-48,50-52,54,56-58,60,62-75H2,1-5H3/b10-8-,11-9-,16-14-,17-15-,22-20-,23-21-,28-26-,29-27-,49-46-,55-53-,61-59-. The molecule has 88 heavy (non-hydrogen) atoms. The van der Waals surface area contributed by atoms with E-state index in [1.54, 1.807) is 0 Å². The van der Waals surface area contributed by atoms with Crippen molar-refractivity contribution < 1.29 is 42.1 Å². The van der Waals surface area contributed by atoms with Crippen LogP contribution in [0.2, 0.25) is 0 Å². The Bertz CT molecular complexity index is 1950. The second-order valence-corrected chi connectivity index (χ2v) is 26.2. The molecule has 0 bridgehead atoms. The van der Waals surface area contributed by atoms with Gasteiger partial charge in [-0.05, 0) is 109 Å². The molecule has 0 saturated carbocycles. The quantitative estimate of drug-likeness (QED) is 0.0195. The van der Waals surface area contributed by atoms with Crippen molar-refractivity contribution in [2.24, 2.45) is 0 Å². The number of rotatable bonds is 65. The van der Waals surface area contributed by atoms with E-state index >= 15 is 0 Å². The smallest absolute Gasteiger partial charge is 0.306 e. The Morgan fingerprint density at radius 2 is 0.614 bits per heavy atom. The number of phosphoric ester groups is 1. The largest absolute Gasteiger partial charge is 0.756 e. The molecule has 0 aliphatic heterocycles. The summed E-state index contributed by atoms with van der Waals surface area (Å²) in [6.45, 7) is 3.99. The number of likely N-dealkylation sites (N-methyl/N-ethyl adjacent to an activating group) is 1. The Balaban J connectivity index is 4.01. The molecule has 0 rings (SSSR count). The van der Waals surface area contributed by atoms with Gasteiger partial charge in [0.1, 0.15) is 19.8 Å². The van der Waals surface area contributed by atoms with Crippen LogP contribution in [0.15, 0.2) is 134 Å². The van der Waals surface area contributed by atoms with Gasteiger partial charge < -0.3 is 27.9 Å². The highest BCUT2D eigenvalue weighted by molar-refractivity contribution is 7.45. The molecule has 504 valence electrons. The van der Waals surface area contributed by atoms with Gasteiger partial charge in [-0.3, -0.25) is 14.2 Å². The first-order valence-corrected chi connectivity index (χ1v) is 37.4. The van der Waals surface area contributed by atoms with Gasteiger partial charge in [-0.15, -0.1) is 0 Å². The van der Waals surface area contributed by atoms with Crippen LogP contribution in [0.3, 0.4) is 0 Å². The van der Waals surface area contributed by atoms with Crippen molar-refractivity contribution in [3.05, 3.63) is 134 Å². The van der Waals surface area contributed by atoms with E-state index < -0.39 is 32.5 Å². The van der Waals surface area contributed by atoms with Crippen LogP contribution in [0.1, 0.15) is 296 Å². The lowest BCUT2D eigenvalue weighted by Crippen LogP contribution is -2.37. The van der Waals surface area contributed by atoms with Crippen LogP contribution in [0.5, 0.6) is 0 Å². The summed E-state index contributed by atoms with van der Waals surface area (Å²) < 4.78 is 34.3. The molecular weight excluding hydrogens is 1110 g/mol. The number of hydrogen-bond donors (Lipinski definition) is 0. The van der Waals surface area contributed by atoms with E-state index in [0.717, 1.165) is 109 Å². The van der Waals surface area contributed by atoms with E-state index in [0.29, 0.717) is 17.4 Å². The summed E-state index contributed by atoms with van der Waals surface area (Å²) >= 11 is 0. The van der Waals surface area contributed by atoms with Gasteiger partial charge in [0.05, 0.1) is 27.7 Å². The predicted octanol–water partition coefficient (Wildman–Crippen LogP) is 23.0. The number of nitrogens with zero attached hydrogens (tertiary/aromatic N) is 1. The Morgan fingerprint density at radius 3 is 0.920 bits per heavy atom. The summed E-state index contributed by atoms with van der Waals surface area (Å²) in [5.41, 5.74) is 0. The summed E-state index contributed by atoms with van der Waals surface area (Å²) in [7, 11) is 1.14. The lowest BCUT2D eigenvalue weighted by molar-refractivity contribution is -0.870. The highest BCUT2D eigenvalue weighted by atomic mass is 31.2. The Morgan fingerprint density at radius 1 is 0.352 bits per heavy atom. The maximum absolute atomic E-state index is 12.8. The van der Waals surface area contributed by atoms with E-state index in [1.165, 1.54) is 154 Å². The van der Waals surface area contributed by atoms with Crippen LogP contribution in [-0.2, 0) is 32.7 Å². The Labute approximate surface area is 542 Å². The van der Waals surface area contributed by atoms with Crippen molar-refractivity contribution in [1.82, 2.24) is 0 Å². The normalized spacial score (nSPS) is 13.9. The fourth-order valence-corrected chi connectivity index (χ4v) is 10.5. The second-order valence-electron chi connectivity index (χ2n) is 24.8. The third-order valence-corrected chi connectivity index (χ3v) is 16.1. The third-order valence-electron chi connectivity index (χ3n) is 15.2. The highest BCUT2D eigenvalue weighted by Gasteiger charge is 2.22. The zero-order chi connectivity index (χ0) is 64.1. The lowest BCUT2D eigenvalue weighted by Gasteiger charge is -2.28. The predicted molar refractivity (Wildman–Crippen MR) is 378 cm³/mol. The Kier molecular flexibility index (Phi) is 64.6. The van der Waals surface area contributed by atoms with Gasteiger partial charge in [0.2, 0.25) is 0 Å². The van der Waals surface area contributed by atoms with Crippen molar-refractivity contribution in [3.8, 4) is 0 Å². The summed E-state index contributed by atoms with van der Waals surface area (Å²) in [6, 6.07) is 0. The molecule has 0 spiro atoms. The van der Waals surface area contributed by atoms with Gasteiger partial charge in [0.15, 0.2) is 6.10 Å². The molecule has 0 N–H and O–H groups in total. The molecule has 0 aromatic carbocycles. The number of esters is 2. The first-order chi connectivity index (χ1) is 43.0. The number of quaternary nitrogens is 1. The molecule has 0 aliphatic carbocycles. The minimum Gasteiger partial charge on any atom is -0.756 e. The molecule has 9 nitrogen and oxygen atoms in total. The first kappa shape index (κ1) is 84.2. The average molecular weight is 1240 g/mol. The van der Waals surface area contributed by atoms with Gasteiger partial charge >= 0.3 is 11.9 Å². The molecule has 0 aromatic heterocycles. The van der Waals surface area contributed by atoms with E-state index in [1.807, 2.05) is 21.1 Å². The monoisotopic (exact) mass is 1240 g/mol. The van der Waals surface area contributed by atoms with E-state index in [4.69, 9.17) is 18.5 Å². The number of allylic oxidation sites excluding steroid dienone is 22. The molecule has 2 atom stereocenters.